The fourth-order valence-corrected chi connectivity index (χ4v) is 5.28. The molecule has 0 radical (unpaired) electrons. The summed E-state index contributed by atoms with van der Waals surface area (Å²) in [5.74, 6) is -13.9. The van der Waals surface area contributed by atoms with E-state index < -0.39 is 48.5 Å². The number of rotatable bonds is 4. The van der Waals surface area contributed by atoms with Crippen molar-refractivity contribution in [2.45, 2.75) is 0 Å². The SMILES string of the molecule is O=C(O)c1c(F)c(F)c(F)c(F)c1F.c1ccc(P(c2ccccc2)c2ccccc2)cc1. The van der Waals surface area contributed by atoms with Crippen LogP contribution in [-0.4, -0.2) is 11.1 Å². The normalized spacial score (nSPS) is 10.5. The average Bonchev–Trinajstić information content (AvgIpc) is 2.84. The Morgan fingerprint density at radius 2 is 0.788 bits per heavy atom. The highest BCUT2D eigenvalue weighted by atomic mass is 31.1. The molecule has 0 fully saturated rings. The van der Waals surface area contributed by atoms with Crippen LogP contribution in [0.5, 0.6) is 0 Å². The Labute approximate surface area is 187 Å². The van der Waals surface area contributed by atoms with Crippen LogP contribution in [0.4, 0.5) is 22.0 Å². The van der Waals surface area contributed by atoms with Gasteiger partial charge in [0, 0.05) is 0 Å². The van der Waals surface area contributed by atoms with Crippen molar-refractivity contribution in [3.05, 3.63) is 126 Å². The van der Waals surface area contributed by atoms with Crippen molar-refractivity contribution in [3.63, 3.8) is 0 Å². The molecule has 2 nitrogen and oxygen atoms in total. The van der Waals surface area contributed by atoms with Gasteiger partial charge in [0.1, 0.15) is 5.56 Å². The number of halogens is 5. The first-order valence-corrected chi connectivity index (χ1v) is 10.9. The third-order valence-electron chi connectivity index (χ3n) is 4.47. The molecule has 4 rings (SSSR count). The van der Waals surface area contributed by atoms with Gasteiger partial charge in [-0.2, -0.15) is 0 Å². The fraction of sp³-hybridized carbons (Fsp3) is 0. The largest absolute Gasteiger partial charge is 0.477 e. The van der Waals surface area contributed by atoms with Crippen LogP contribution >= 0.6 is 7.92 Å². The van der Waals surface area contributed by atoms with Gasteiger partial charge in [-0.05, 0) is 23.8 Å². The van der Waals surface area contributed by atoms with E-state index >= 15 is 0 Å². The van der Waals surface area contributed by atoms with Crippen LogP contribution in [0.1, 0.15) is 10.4 Å². The van der Waals surface area contributed by atoms with Gasteiger partial charge in [0.25, 0.3) is 0 Å². The quantitative estimate of drug-likeness (QED) is 0.183. The minimum atomic E-state index is -2.38. The molecule has 0 aromatic heterocycles. The maximum atomic E-state index is 12.6. The van der Waals surface area contributed by atoms with Crippen molar-refractivity contribution in [2.24, 2.45) is 0 Å². The highest BCUT2D eigenvalue weighted by Gasteiger charge is 2.29. The average molecular weight is 474 g/mol. The number of carboxylic acids is 1. The monoisotopic (exact) mass is 474 g/mol. The van der Waals surface area contributed by atoms with E-state index in [1.165, 1.54) is 15.9 Å². The van der Waals surface area contributed by atoms with E-state index in [1.807, 2.05) is 0 Å². The Morgan fingerprint density at radius 3 is 1.06 bits per heavy atom. The zero-order valence-corrected chi connectivity index (χ0v) is 17.7. The number of benzene rings is 4. The highest BCUT2D eigenvalue weighted by molar-refractivity contribution is 7.79. The van der Waals surface area contributed by atoms with Gasteiger partial charge >= 0.3 is 5.97 Å². The maximum absolute atomic E-state index is 12.6. The second-order valence-electron chi connectivity index (χ2n) is 6.59. The van der Waals surface area contributed by atoms with Gasteiger partial charge in [-0.25, -0.2) is 26.7 Å². The minimum Gasteiger partial charge on any atom is -0.477 e. The molecule has 0 aliphatic rings. The summed E-state index contributed by atoms with van der Waals surface area (Å²) in [7, 11) is -0.446. The third kappa shape index (κ3) is 5.44. The zero-order valence-electron chi connectivity index (χ0n) is 16.9. The smallest absolute Gasteiger partial charge is 0.341 e. The fourth-order valence-electron chi connectivity index (χ4n) is 2.97. The van der Waals surface area contributed by atoms with Crippen LogP contribution in [0, 0.1) is 29.1 Å². The Bertz CT molecular complexity index is 1110. The van der Waals surface area contributed by atoms with E-state index in [4.69, 9.17) is 5.11 Å². The lowest BCUT2D eigenvalue weighted by Crippen LogP contribution is -2.20. The topological polar surface area (TPSA) is 37.3 Å². The molecule has 4 aromatic carbocycles. The van der Waals surface area contributed by atoms with Gasteiger partial charge in [-0.15, -0.1) is 0 Å². The van der Waals surface area contributed by atoms with Crippen molar-refractivity contribution in [1.82, 2.24) is 0 Å². The van der Waals surface area contributed by atoms with Gasteiger partial charge in [-0.1, -0.05) is 91.0 Å². The van der Waals surface area contributed by atoms with Crippen LogP contribution < -0.4 is 15.9 Å². The molecule has 8 heteroatoms. The molecule has 168 valence electrons. The second-order valence-corrected chi connectivity index (χ2v) is 8.81. The lowest BCUT2D eigenvalue weighted by Gasteiger charge is -2.18. The van der Waals surface area contributed by atoms with Crippen LogP contribution in [0.3, 0.4) is 0 Å². The summed E-state index contributed by atoms with van der Waals surface area (Å²) in [4.78, 5) is 10.1. The molecule has 0 amide bonds. The van der Waals surface area contributed by atoms with Crippen molar-refractivity contribution in [3.8, 4) is 0 Å². The summed E-state index contributed by atoms with van der Waals surface area (Å²) in [6.45, 7) is 0. The zero-order chi connectivity index (χ0) is 24.0. The number of hydrogen-bond donors (Lipinski definition) is 1. The summed E-state index contributed by atoms with van der Waals surface area (Å²) in [6, 6.07) is 32.3. The summed E-state index contributed by atoms with van der Waals surface area (Å²) in [5.41, 5.74) is -1.86. The first-order valence-electron chi connectivity index (χ1n) is 9.53. The first-order chi connectivity index (χ1) is 15.8. The molecule has 0 aliphatic heterocycles. The molecule has 0 atom stereocenters. The third-order valence-corrected chi connectivity index (χ3v) is 6.91. The summed E-state index contributed by atoms with van der Waals surface area (Å²) >= 11 is 0. The lowest BCUT2D eigenvalue weighted by atomic mass is 10.1. The molecule has 0 aliphatic carbocycles. The maximum Gasteiger partial charge on any atom is 0.341 e. The van der Waals surface area contributed by atoms with E-state index in [9.17, 15) is 26.7 Å². The first kappa shape index (κ1) is 24.1. The van der Waals surface area contributed by atoms with Crippen molar-refractivity contribution < 1.29 is 31.9 Å². The molecule has 0 bridgehead atoms. The number of hydrogen-bond acceptors (Lipinski definition) is 1. The van der Waals surface area contributed by atoms with Crippen molar-refractivity contribution >= 4 is 29.8 Å². The Hall–Kier alpha value is -3.57. The van der Waals surface area contributed by atoms with Crippen LogP contribution in [0.25, 0.3) is 0 Å². The van der Waals surface area contributed by atoms with E-state index in [0.717, 1.165) is 0 Å². The van der Waals surface area contributed by atoms with Gasteiger partial charge < -0.3 is 5.11 Å². The minimum absolute atomic E-state index is 0.446. The van der Waals surface area contributed by atoms with Crippen LogP contribution in [0.15, 0.2) is 91.0 Å². The van der Waals surface area contributed by atoms with Crippen molar-refractivity contribution in [1.29, 1.82) is 0 Å². The molecule has 0 spiro atoms. The molecular weight excluding hydrogens is 458 g/mol. The molecule has 0 heterocycles. The van der Waals surface area contributed by atoms with Gasteiger partial charge in [0.2, 0.25) is 5.82 Å². The molecule has 1 N–H and O–H groups in total. The molecule has 0 saturated carbocycles. The molecule has 33 heavy (non-hydrogen) atoms. The number of carboxylic acid groups (broad SMARTS) is 1. The molecular formula is C25H16F5O2P. The van der Waals surface area contributed by atoms with Crippen LogP contribution in [0.2, 0.25) is 0 Å². The number of aromatic carboxylic acids is 1. The van der Waals surface area contributed by atoms with E-state index in [0.29, 0.717) is 0 Å². The van der Waals surface area contributed by atoms with E-state index in [2.05, 4.69) is 91.0 Å². The predicted molar refractivity (Wildman–Crippen MR) is 118 cm³/mol. The molecule has 0 saturated heterocycles. The van der Waals surface area contributed by atoms with Crippen molar-refractivity contribution in [2.75, 3.05) is 0 Å². The van der Waals surface area contributed by atoms with Gasteiger partial charge in [-0.3, -0.25) is 0 Å². The predicted octanol–water partition coefficient (Wildman–Crippen LogP) is 5.53. The number of carbonyl (C=O) groups is 1. The Morgan fingerprint density at radius 1 is 0.515 bits per heavy atom. The highest BCUT2D eigenvalue weighted by Crippen LogP contribution is 2.32. The van der Waals surface area contributed by atoms with E-state index in [1.54, 1.807) is 0 Å². The molecule has 4 aromatic rings. The standard InChI is InChI=1S/C18H15P.C7HF5O2/c1-4-10-16(11-5-1)19(17-12-6-2-7-13-17)18-14-8-3-9-15-18;8-2-1(7(13)14)3(9)5(11)6(12)4(2)10/h1-15H;(H,13,14). The molecule has 0 unspecified atom stereocenters. The Kier molecular flexibility index (Phi) is 7.91. The van der Waals surface area contributed by atoms with Crippen LogP contribution in [-0.2, 0) is 0 Å². The van der Waals surface area contributed by atoms with Gasteiger partial charge in [0.15, 0.2) is 23.3 Å². The van der Waals surface area contributed by atoms with E-state index in [-0.39, 0.29) is 0 Å². The Balaban J connectivity index is 0.000000196. The summed E-state index contributed by atoms with van der Waals surface area (Å²) in [5, 5.41) is 12.3. The van der Waals surface area contributed by atoms with Gasteiger partial charge in [0.05, 0.1) is 0 Å². The second kappa shape index (κ2) is 10.8. The summed E-state index contributed by atoms with van der Waals surface area (Å²) < 4.78 is 62.1. The summed E-state index contributed by atoms with van der Waals surface area (Å²) in [6.07, 6.45) is 0. The lowest BCUT2D eigenvalue weighted by molar-refractivity contribution is 0.0682.